The van der Waals surface area contributed by atoms with Crippen molar-refractivity contribution in [1.29, 1.82) is 0 Å². The van der Waals surface area contributed by atoms with Crippen molar-refractivity contribution in [3.63, 3.8) is 0 Å². The molecule has 0 aromatic carbocycles. The number of carbonyl (C=O) groups excluding carboxylic acids is 1. The minimum atomic E-state index is -0.0172. The fourth-order valence-electron chi connectivity index (χ4n) is 1.43. The molecule has 2 heterocycles. The highest BCUT2D eigenvalue weighted by atomic mass is 16.1. The summed E-state index contributed by atoms with van der Waals surface area (Å²) < 4.78 is 0. The van der Waals surface area contributed by atoms with E-state index in [-0.39, 0.29) is 5.91 Å². The van der Waals surface area contributed by atoms with Gasteiger partial charge in [-0.1, -0.05) is 0 Å². The van der Waals surface area contributed by atoms with Crippen LogP contribution in [0.15, 0.2) is 12.1 Å². The number of hydrogen-bond acceptors (Lipinski definition) is 3. The van der Waals surface area contributed by atoms with Crippen LogP contribution in [0.3, 0.4) is 0 Å². The van der Waals surface area contributed by atoms with Gasteiger partial charge in [-0.3, -0.25) is 4.79 Å². The molecule has 0 saturated carbocycles. The highest BCUT2D eigenvalue weighted by molar-refractivity contribution is 5.96. The Morgan fingerprint density at radius 2 is 2.38 bits per heavy atom. The number of carbonyl (C=O) groups is 1. The SMILES string of the molecule is CNc1ccc2c(n1)CCNC2=O. The standard InChI is InChI=1S/C9H11N3O/c1-10-8-3-2-6-7(12-8)4-5-11-9(6)13/h2-3H,4-5H2,1H3,(H,10,12)(H,11,13). The minimum absolute atomic E-state index is 0.0172. The van der Waals surface area contributed by atoms with Crippen molar-refractivity contribution in [2.75, 3.05) is 18.9 Å². The van der Waals surface area contributed by atoms with Crippen LogP contribution in [-0.4, -0.2) is 24.5 Å². The van der Waals surface area contributed by atoms with Gasteiger partial charge in [-0.25, -0.2) is 4.98 Å². The Balaban J connectivity index is 2.45. The number of amides is 1. The first-order valence-corrected chi connectivity index (χ1v) is 4.27. The largest absolute Gasteiger partial charge is 0.373 e. The van der Waals surface area contributed by atoms with Gasteiger partial charge in [0.15, 0.2) is 0 Å². The van der Waals surface area contributed by atoms with Gasteiger partial charge >= 0.3 is 0 Å². The van der Waals surface area contributed by atoms with Crippen LogP contribution in [0.4, 0.5) is 5.82 Å². The van der Waals surface area contributed by atoms with Crippen LogP contribution in [0.2, 0.25) is 0 Å². The second-order valence-corrected chi connectivity index (χ2v) is 2.95. The molecular weight excluding hydrogens is 166 g/mol. The van der Waals surface area contributed by atoms with Crippen LogP contribution in [0, 0.1) is 0 Å². The number of fused-ring (bicyclic) bond motifs is 1. The Morgan fingerprint density at radius 1 is 1.54 bits per heavy atom. The van der Waals surface area contributed by atoms with Crippen molar-refractivity contribution < 1.29 is 4.79 Å². The molecule has 68 valence electrons. The van der Waals surface area contributed by atoms with Crippen LogP contribution in [0.1, 0.15) is 16.1 Å². The summed E-state index contributed by atoms with van der Waals surface area (Å²) in [5.41, 5.74) is 1.58. The molecule has 0 saturated heterocycles. The molecular formula is C9H11N3O. The van der Waals surface area contributed by atoms with Crippen LogP contribution in [-0.2, 0) is 6.42 Å². The van der Waals surface area contributed by atoms with E-state index in [1.807, 2.05) is 19.2 Å². The quantitative estimate of drug-likeness (QED) is 0.653. The highest BCUT2D eigenvalue weighted by Gasteiger charge is 2.17. The number of anilines is 1. The molecule has 0 atom stereocenters. The van der Waals surface area contributed by atoms with Crippen molar-refractivity contribution in [3.8, 4) is 0 Å². The van der Waals surface area contributed by atoms with Gasteiger partial charge in [-0.2, -0.15) is 0 Å². The van der Waals surface area contributed by atoms with Crippen LogP contribution >= 0.6 is 0 Å². The number of rotatable bonds is 1. The zero-order chi connectivity index (χ0) is 9.26. The average Bonchev–Trinajstić information content (AvgIpc) is 2.18. The topological polar surface area (TPSA) is 54.0 Å². The Kier molecular flexibility index (Phi) is 1.88. The number of nitrogens with one attached hydrogen (secondary N) is 2. The van der Waals surface area contributed by atoms with Crippen molar-refractivity contribution in [1.82, 2.24) is 10.3 Å². The van der Waals surface area contributed by atoms with Gasteiger partial charge in [-0.15, -0.1) is 0 Å². The van der Waals surface area contributed by atoms with Crippen molar-refractivity contribution in [3.05, 3.63) is 23.4 Å². The molecule has 0 spiro atoms. The molecule has 1 aromatic heterocycles. The molecule has 1 aliphatic heterocycles. The lowest BCUT2D eigenvalue weighted by Crippen LogP contribution is -2.32. The molecule has 2 N–H and O–H groups in total. The van der Waals surface area contributed by atoms with Crippen molar-refractivity contribution >= 4 is 11.7 Å². The third kappa shape index (κ3) is 1.35. The average molecular weight is 177 g/mol. The van der Waals surface area contributed by atoms with Crippen molar-refractivity contribution in [2.24, 2.45) is 0 Å². The predicted molar refractivity (Wildman–Crippen MR) is 49.8 cm³/mol. The first kappa shape index (κ1) is 8.04. The molecule has 13 heavy (non-hydrogen) atoms. The first-order valence-electron chi connectivity index (χ1n) is 4.27. The number of hydrogen-bond donors (Lipinski definition) is 2. The van der Waals surface area contributed by atoms with Gasteiger partial charge < -0.3 is 10.6 Å². The molecule has 0 unspecified atom stereocenters. The summed E-state index contributed by atoms with van der Waals surface area (Å²) in [5.74, 6) is 0.796. The molecule has 1 amide bonds. The summed E-state index contributed by atoms with van der Waals surface area (Å²) in [4.78, 5) is 15.6. The van der Waals surface area contributed by atoms with E-state index in [0.717, 1.165) is 17.9 Å². The number of nitrogens with zero attached hydrogens (tertiary/aromatic N) is 1. The number of pyridine rings is 1. The third-order valence-electron chi connectivity index (χ3n) is 2.12. The predicted octanol–water partition coefficient (Wildman–Crippen LogP) is 0.409. The van der Waals surface area contributed by atoms with Crippen LogP contribution < -0.4 is 10.6 Å². The maximum Gasteiger partial charge on any atom is 0.253 e. The van der Waals surface area contributed by atoms with Gasteiger partial charge in [0.05, 0.1) is 11.3 Å². The third-order valence-corrected chi connectivity index (χ3v) is 2.12. The molecule has 2 rings (SSSR count). The van der Waals surface area contributed by atoms with E-state index >= 15 is 0 Å². The summed E-state index contributed by atoms with van der Waals surface area (Å²) in [5, 5.41) is 5.73. The molecule has 1 aliphatic rings. The Morgan fingerprint density at radius 3 is 3.15 bits per heavy atom. The zero-order valence-electron chi connectivity index (χ0n) is 7.42. The normalized spacial score (nSPS) is 14.7. The lowest BCUT2D eigenvalue weighted by atomic mass is 10.1. The molecule has 0 aliphatic carbocycles. The maximum absolute atomic E-state index is 11.3. The Bertz CT molecular complexity index is 349. The first-order chi connectivity index (χ1) is 6.31. The molecule has 0 fully saturated rings. The zero-order valence-corrected chi connectivity index (χ0v) is 7.42. The molecule has 4 heteroatoms. The Hall–Kier alpha value is -1.58. The number of aromatic nitrogens is 1. The van der Waals surface area contributed by atoms with Crippen molar-refractivity contribution in [2.45, 2.75) is 6.42 Å². The molecule has 4 nitrogen and oxygen atoms in total. The van der Waals surface area contributed by atoms with E-state index in [9.17, 15) is 4.79 Å². The molecule has 0 radical (unpaired) electrons. The van der Waals surface area contributed by atoms with Gasteiger partial charge in [0, 0.05) is 20.0 Å². The van der Waals surface area contributed by atoms with E-state index in [2.05, 4.69) is 15.6 Å². The summed E-state index contributed by atoms with van der Waals surface area (Å²) in [6, 6.07) is 3.62. The highest BCUT2D eigenvalue weighted by Crippen LogP contribution is 2.14. The monoisotopic (exact) mass is 177 g/mol. The van der Waals surface area contributed by atoms with Gasteiger partial charge in [-0.05, 0) is 12.1 Å². The smallest absolute Gasteiger partial charge is 0.253 e. The van der Waals surface area contributed by atoms with E-state index in [1.54, 1.807) is 0 Å². The van der Waals surface area contributed by atoms with Crippen LogP contribution in [0.5, 0.6) is 0 Å². The lowest BCUT2D eigenvalue weighted by molar-refractivity contribution is 0.0945. The fraction of sp³-hybridized carbons (Fsp3) is 0.333. The Labute approximate surface area is 76.4 Å². The van der Waals surface area contributed by atoms with Gasteiger partial charge in [0.2, 0.25) is 0 Å². The van der Waals surface area contributed by atoms with Gasteiger partial charge in [0.1, 0.15) is 5.82 Å². The minimum Gasteiger partial charge on any atom is -0.373 e. The van der Waals surface area contributed by atoms with E-state index < -0.39 is 0 Å². The van der Waals surface area contributed by atoms with E-state index in [0.29, 0.717) is 12.1 Å². The molecule has 0 bridgehead atoms. The second-order valence-electron chi connectivity index (χ2n) is 2.95. The second kappa shape index (κ2) is 3.05. The van der Waals surface area contributed by atoms with E-state index in [1.165, 1.54) is 0 Å². The van der Waals surface area contributed by atoms with Crippen LogP contribution in [0.25, 0.3) is 0 Å². The van der Waals surface area contributed by atoms with E-state index in [4.69, 9.17) is 0 Å². The summed E-state index contributed by atoms with van der Waals surface area (Å²) in [6.45, 7) is 0.687. The summed E-state index contributed by atoms with van der Waals surface area (Å²) in [7, 11) is 1.82. The van der Waals surface area contributed by atoms with Gasteiger partial charge in [0.25, 0.3) is 5.91 Å². The lowest BCUT2D eigenvalue weighted by Gasteiger charge is -2.15. The molecule has 1 aromatic rings. The maximum atomic E-state index is 11.3. The summed E-state index contributed by atoms with van der Waals surface area (Å²) >= 11 is 0. The fourth-order valence-corrected chi connectivity index (χ4v) is 1.43. The summed E-state index contributed by atoms with van der Waals surface area (Å²) in [6.07, 6.45) is 0.816.